The summed E-state index contributed by atoms with van der Waals surface area (Å²) in [4.78, 5) is 24.7. The van der Waals surface area contributed by atoms with Gasteiger partial charge in [0.05, 0.1) is 15.3 Å². The van der Waals surface area contributed by atoms with Gasteiger partial charge in [0.1, 0.15) is 0 Å². The lowest BCUT2D eigenvalue weighted by molar-refractivity contribution is 0.0475. The van der Waals surface area contributed by atoms with Gasteiger partial charge in [0, 0.05) is 12.6 Å². The van der Waals surface area contributed by atoms with Gasteiger partial charge < -0.3 is 4.74 Å². The lowest BCUT2D eigenvalue weighted by Gasteiger charge is -2.32. The minimum Gasteiger partial charge on any atom is -0.454 e. The number of hydrogen-bond acceptors (Lipinski definition) is 6. The predicted molar refractivity (Wildman–Crippen MR) is 103 cm³/mol. The van der Waals surface area contributed by atoms with Gasteiger partial charge in [0.25, 0.3) is 0 Å². The van der Waals surface area contributed by atoms with E-state index >= 15 is 0 Å². The molecule has 8 heteroatoms. The molecule has 6 nitrogen and oxygen atoms in total. The topological polar surface area (TPSA) is 80.8 Å². The van der Waals surface area contributed by atoms with Crippen LogP contribution in [0, 0.1) is 0 Å². The lowest BCUT2D eigenvalue weighted by atomic mass is 10.1. The van der Waals surface area contributed by atoms with Gasteiger partial charge in [-0.25, -0.2) is 13.2 Å². The minimum absolute atomic E-state index is 0.0309. The number of hydrogen-bond donors (Lipinski definition) is 0. The molecule has 1 aliphatic heterocycles. The molecule has 2 aromatic rings. The molecule has 1 fully saturated rings. The molecular weight excluding hydrogens is 386 g/mol. The molecule has 1 aromatic carbocycles. The quantitative estimate of drug-likeness (QED) is 0.542. The normalized spacial score (nSPS) is 18.2. The van der Waals surface area contributed by atoms with E-state index in [1.54, 1.807) is 17.5 Å². The zero-order chi connectivity index (χ0) is 19.4. The number of benzene rings is 1. The Morgan fingerprint density at radius 3 is 2.56 bits per heavy atom. The fraction of sp³-hybridized carbons (Fsp3) is 0.368. The Hall–Kier alpha value is -2.03. The van der Waals surface area contributed by atoms with E-state index in [2.05, 4.69) is 0 Å². The second-order valence-corrected chi connectivity index (χ2v) is 9.30. The first-order chi connectivity index (χ1) is 12.9. The zero-order valence-corrected chi connectivity index (χ0v) is 16.6. The number of carbonyl (C=O) groups excluding carboxylic acids is 2. The van der Waals surface area contributed by atoms with Crippen LogP contribution >= 0.6 is 11.3 Å². The highest BCUT2D eigenvalue weighted by molar-refractivity contribution is 7.89. The third-order valence-electron chi connectivity index (χ3n) is 4.57. The molecule has 1 saturated heterocycles. The van der Waals surface area contributed by atoms with Crippen LogP contribution in [-0.4, -0.2) is 43.7 Å². The van der Waals surface area contributed by atoms with Gasteiger partial charge in [0.15, 0.2) is 6.61 Å². The molecule has 0 N–H and O–H groups in total. The predicted octanol–water partition coefficient (Wildman–Crippen LogP) is 3.35. The summed E-state index contributed by atoms with van der Waals surface area (Å²) < 4.78 is 32.1. The molecule has 1 aromatic heterocycles. The van der Waals surface area contributed by atoms with Crippen LogP contribution in [0.4, 0.5) is 0 Å². The Balaban J connectivity index is 1.65. The number of Topliss-reactive ketones (excluding diaryl/α,β-unsaturated/α-hetero) is 1. The molecule has 0 aliphatic carbocycles. The summed E-state index contributed by atoms with van der Waals surface area (Å²) in [6, 6.07) is 9.04. The largest absolute Gasteiger partial charge is 0.454 e. The number of sulfonamides is 1. The first kappa shape index (κ1) is 19.7. The minimum atomic E-state index is -3.58. The van der Waals surface area contributed by atoms with Crippen LogP contribution < -0.4 is 0 Å². The van der Waals surface area contributed by atoms with Crippen molar-refractivity contribution < 1.29 is 22.7 Å². The number of thiophene rings is 1. The SMILES string of the molecule is C[C@@H]1CCCCN1S(=O)(=O)c1ccc(C(=O)OCC(=O)c2cccs2)cc1. The molecule has 1 aliphatic rings. The Kier molecular flexibility index (Phi) is 6.08. The maximum Gasteiger partial charge on any atom is 0.338 e. The van der Waals surface area contributed by atoms with E-state index in [0.717, 1.165) is 19.3 Å². The summed E-state index contributed by atoms with van der Waals surface area (Å²) in [6.45, 7) is 2.08. The molecular formula is C19H21NO5S2. The van der Waals surface area contributed by atoms with Gasteiger partial charge >= 0.3 is 5.97 Å². The standard InChI is InChI=1S/C19H21NO5S2/c1-14-5-2-3-11-20(14)27(23,24)16-9-7-15(8-10-16)19(22)25-13-17(21)18-6-4-12-26-18/h4,6-10,12,14H,2-3,5,11,13H2,1H3/t14-/m1/s1. The number of rotatable bonds is 6. The molecule has 27 heavy (non-hydrogen) atoms. The molecule has 0 spiro atoms. The Morgan fingerprint density at radius 1 is 1.19 bits per heavy atom. The molecule has 2 heterocycles. The third kappa shape index (κ3) is 4.45. The lowest BCUT2D eigenvalue weighted by Crippen LogP contribution is -2.41. The monoisotopic (exact) mass is 407 g/mol. The van der Waals surface area contributed by atoms with Crippen LogP contribution in [0.25, 0.3) is 0 Å². The second kappa shape index (κ2) is 8.33. The highest BCUT2D eigenvalue weighted by Gasteiger charge is 2.31. The second-order valence-electron chi connectivity index (χ2n) is 6.46. The van der Waals surface area contributed by atoms with Crippen LogP contribution in [0.3, 0.4) is 0 Å². The number of esters is 1. The van der Waals surface area contributed by atoms with E-state index < -0.39 is 16.0 Å². The summed E-state index contributed by atoms with van der Waals surface area (Å²) in [5.41, 5.74) is 0.208. The van der Waals surface area contributed by atoms with Gasteiger partial charge in [-0.3, -0.25) is 4.79 Å². The molecule has 0 bridgehead atoms. The van der Waals surface area contributed by atoms with Crippen LogP contribution in [0.2, 0.25) is 0 Å². The van der Waals surface area contributed by atoms with Crippen molar-refractivity contribution in [1.29, 1.82) is 0 Å². The van der Waals surface area contributed by atoms with Crippen molar-refractivity contribution in [3.63, 3.8) is 0 Å². The number of ether oxygens (including phenoxy) is 1. The van der Waals surface area contributed by atoms with Crippen molar-refractivity contribution in [2.75, 3.05) is 13.2 Å². The molecule has 1 atom stereocenters. The maximum atomic E-state index is 12.8. The van der Waals surface area contributed by atoms with E-state index in [0.29, 0.717) is 11.4 Å². The van der Waals surface area contributed by atoms with Crippen molar-refractivity contribution in [2.45, 2.75) is 37.1 Å². The Labute approximate surface area is 162 Å². The average Bonchev–Trinajstić information content (AvgIpc) is 3.21. The van der Waals surface area contributed by atoms with E-state index in [4.69, 9.17) is 4.74 Å². The van der Waals surface area contributed by atoms with Gasteiger partial charge in [-0.2, -0.15) is 4.31 Å². The van der Waals surface area contributed by atoms with Gasteiger partial charge in [-0.05, 0) is 55.5 Å². The molecule has 0 saturated carbocycles. The molecule has 0 radical (unpaired) electrons. The summed E-state index contributed by atoms with van der Waals surface area (Å²) in [6.07, 6.45) is 2.73. The van der Waals surface area contributed by atoms with Crippen molar-refractivity contribution in [3.05, 3.63) is 52.2 Å². The number of piperidine rings is 1. The van der Waals surface area contributed by atoms with Crippen LogP contribution in [0.1, 0.15) is 46.2 Å². The van der Waals surface area contributed by atoms with Crippen LogP contribution in [0.5, 0.6) is 0 Å². The van der Waals surface area contributed by atoms with Crippen molar-refractivity contribution in [2.24, 2.45) is 0 Å². The Morgan fingerprint density at radius 2 is 1.93 bits per heavy atom. The van der Waals surface area contributed by atoms with Gasteiger partial charge in [0.2, 0.25) is 15.8 Å². The van der Waals surface area contributed by atoms with E-state index in [1.165, 1.54) is 39.9 Å². The summed E-state index contributed by atoms with van der Waals surface area (Å²) in [5.74, 6) is -0.924. The molecule has 3 rings (SSSR count). The van der Waals surface area contributed by atoms with Crippen LogP contribution in [0.15, 0.2) is 46.7 Å². The first-order valence-electron chi connectivity index (χ1n) is 8.75. The number of carbonyl (C=O) groups is 2. The molecule has 0 amide bonds. The van der Waals surface area contributed by atoms with Crippen molar-refractivity contribution >= 4 is 33.1 Å². The average molecular weight is 408 g/mol. The fourth-order valence-corrected chi connectivity index (χ4v) is 5.40. The maximum absolute atomic E-state index is 12.8. The highest BCUT2D eigenvalue weighted by Crippen LogP contribution is 2.25. The van der Waals surface area contributed by atoms with Crippen molar-refractivity contribution in [3.8, 4) is 0 Å². The molecule has 0 unspecified atom stereocenters. The summed E-state index contributed by atoms with van der Waals surface area (Å²) in [7, 11) is -3.58. The molecule has 144 valence electrons. The first-order valence-corrected chi connectivity index (χ1v) is 11.1. The van der Waals surface area contributed by atoms with E-state index in [-0.39, 0.29) is 28.9 Å². The van der Waals surface area contributed by atoms with Gasteiger partial charge in [-0.15, -0.1) is 11.3 Å². The Bertz CT molecular complexity index is 904. The van der Waals surface area contributed by atoms with Crippen molar-refractivity contribution in [1.82, 2.24) is 4.31 Å². The highest BCUT2D eigenvalue weighted by atomic mass is 32.2. The summed E-state index contributed by atoms with van der Waals surface area (Å²) >= 11 is 1.28. The number of ketones is 1. The van der Waals surface area contributed by atoms with Gasteiger partial charge in [-0.1, -0.05) is 12.5 Å². The van der Waals surface area contributed by atoms with E-state index in [1.807, 2.05) is 6.92 Å². The summed E-state index contributed by atoms with van der Waals surface area (Å²) in [5, 5.41) is 1.78. The number of nitrogens with zero attached hydrogens (tertiary/aromatic N) is 1. The fourth-order valence-electron chi connectivity index (χ4n) is 3.05. The third-order valence-corrected chi connectivity index (χ3v) is 7.51. The van der Waals surface area contributed by atoms with Crippen LogP contribution in [-0.2, 0) is 14.8 Å². The smallest absolute Gasteiger partial charge is 0.338 e. The zero-order valence-electron chi connectivity index (χ0n) is 15.0. The van der Waals surface area contributed by atoms with E-state index in [9.17, 15) is 18.0 Å².